The summed E-state index contributed by atoms with van der Waals surface area (Å²) in [5, 5.41) is 20.1. The van der Waals surface area contributed by atoms with E-state index in [0.717, 1.165) is 25.7 Å². The number of amides is 2. The smallest absolute Gasteiger partial charge is 0.253 e. The number of rotatable bonds is 8. The molecule has 0 bridgehead atoms. The van der Waals surface area contributed by atoms with Crippen LogP contribution >= 0.6 is 11.6 Å². The minimum absolute atomic E-state index is 0.0824. The number of carbonyl (C=O) groups is 2. The van der Waals surface area contributed by atoms with Gasteiger partial charge in [0.25, 0.3) is 5.91 Å². The summed E-state index contributed by atoms with van der Waals surface area (Å²) in [5.41, 5.74) is 3.01. The van der Waals surface area contributed by atoms with Gasteiger partial charge in [0.1, 0.15) is 5.82 Å². The van der Waals surface area contributed by atoms with E-state index >= 15 is 0 Å². The van der Waals surface area contributed by atoms with E-state index in [2.05, 4.69) is 33.1 Å². The van der Waals surface area contributed by atoms with Gasteiger partial charge in [0.15, 0.2) is 0 Å². The van der Waals surface area contributed by atoms with Crippen LogP contribution in [-0.4, -0.2) is 71.2 Å². The quantitative estimate of drug-likeness (QED) is 0.455. The lowest BCUT2D eigenvalue weighted by Crippen LogP contribution is -2.42. The van der Waals surface area contributed by atoms with Crippen molar-refractivity contribution in [3.63, 3.8) is 0 Å². The lowest BCUT2D eigenvalue weighted by molar-refractivity contribution is -0.129. The predicted octanol–water partition coefficient (Wildman–Crippen LogP) is 2.01. The van der Waals surface area contributed by atoms with Gasteiger partial charge >= 0.3 is 0 Å². The standard InChI is InChI=1S/C25H32ClN5O3/c1-16(32)31-10-7-19(8-11-31)30-24-23(26)22(6-9-27-24)25(34)29-15-21(33)14-28-20-12-17-4-2-3-5-18(17)13-20/h2-6,9,19-21,28,33H,7-8,10-15H2,1H3,(H,27,30)(H,29,34)/t21-/m0/s1. The molecule has 1 aromatic heterocycles. The topological polar surface area (TPSA) is 107 Å². The highest BCUT2D eigenvalue weighted by Gasteiger charge is 2.24. The molecule has 2 amide bonds. The highest BCUT2D eigenvalue weighted by Crippen LogP contribution is 2.26. The molecule has 0 saturated carbocycles. The summed E-state index contributed by atoms with van der Waals surface area (Å²) in [5.74, 6) is 0.187. The molecule has 1 aromatic carbocycles. The van der Waals surface area contributed by atoms with Crippen molar-refractivity contribution >= 4 is 29.2 Å². The highest BCUT2D eigenvalue weighted by atomic mass is 35.5. The molecule has 0 unspecified atom stereocenters. The molecule has 34 heavy (non-hydrogen) atoms. The molecule has 4 N–H and O–H groups in total. The average Bonchev–Trinajstić information content (AvgIpc) is 3.26. The summed E-state index contributed by atoms with van der Waals surface area (Å²) >= 11 is 6.48. The molecule has 2 aromatic rings. The van der Waals surface area contributed by atoms with Gasteiger partial charge < -0.3 is 26.0 Å². The van der Waals surface area contributed by atoms with Crippen LogP contribution in [0.15, 0.2) is 36.5 Å². The van der Waals surface area contributed by atoms with Crippen LogP contribution in [-0.2, 0) is 17.6 Å². The van der Waals surface area contributed by atoms with Crippen LogP contribution in [0.5, 0.6) is 0 Å². The molecule has 1 aliphatic carbocycles. The SMILES string of the molecule is CC(=O)N1CCC(Nc2nccc(C(=O)NC[C@@H](O)CNC3Cc4ccccc4C3)c2Cl)CC1. The van der Waals surface area contributed by atoms with Gasteiger partial charge in [0.2, 0.25) is 5.91 Å². The number of aliphatic hydroxyl groups is 1. The largest absolute Gasteiger partial charge is 0.390 e. The van der Waals surface area contributed by atoms with Crippen molar-refractivity contribution in [1.29, 1.82) is 0 Å². The van der Waals surface area contributed by atoms with Crippen molar-refractivity contribution in [3.05, 3.63) is 58.2 Å². The number of hydrogen-bond donors (Lipinski definition) is 4. The van der Waals surface area contributed by atoms with E-state index < -0.39 is 6.10 Å². The Hall–Kier alpha value is -2.68. The van der Waals surface area contributed by atoms with Gasteiger partial charge in [-0.15, -0.1) is 0 Å². The first-order chi connectivity index (χ1) is 16.4. The van der Waals surface area contributed by atoms with E-state index in [-0.39, 0.29) is 29.4 Å². The number of nitrogens with one attached hydrogen (secondary N) is 3. The average molecular weight is 486 g/mol. The van der Waals surface area contributed by atoms with E-state index in [4.69, 9.17) is 11.6 Å². The lowest BCUT2D eigenvalue weighted by Gasteiger charge is -2.32. The number of carbonyl (C=O) groups excluding carboxylic acids is 2. The molecule has 8 nitrogen and oxygen atoms in total. The van der Waals surface area contributed by atoms with Crippen molar-refractivity contribution < 1.29 is 14.7 Å². The normalized spacial score (nSPS) is 17.3. The molecular formula is C25H32ClN5O3. The molecule has 9 heteroatoms. The molecule has 2 heterocycles. The zero-order valence-corrected chi connectivity index (χ0v) is 20.1. The molecule has 1 atom stereocenters. The van der Waals surface area contributed by atoms with E-state index in [9.17, 15) is 14.7 Å². The summed E-state index contributed by atoms with van der Waals surface area (Å²) in [4.78, 5) is 30.3. The lowest BCUT2D eigenvalue weighted by atomic mass is 10.0. The number of likely N-dealkylation sites (tertiary alicyclic amines) is 1. The summed E-state index contributed by atoms with van der Waals surface area (Å²) in [6.45, 7) is 3.47. The van der Waals surface area contributed by atoms with Crippen LogP contribution in [0.25, 0.3) is 0 Å². The van der Waals surface area contributed by atoms with E-state index in [0.29, 0.717) is 37.1 Å². The number of pyridine rings is 1. The zero-order chi connectivity index (χ0) is 24.1. The Morgan fingerprint density at radius 3 is 2.44 bits per heavy atom. The third-order valence-corrected chi connectivity index (χ3v) is 6.99. The minimum atomic E-state index is -0.711. The number of benzene rings is 1. The third-order valence-electron chi connectivity index (χ3n) is 6.61. The van der Waals surface area contributed by atoms with Crippen LogP contribution in [0.4, 0.5) is 5.82 Å². The molecule has 1 aliphatic heterocycles. The molecule has 1 saturated heterocycles. The van der Waals surface area contributed by atoms with Gasteiger partial charge in [0.05, 0.1) is 16.7 Å². The Morgan fingerprint density at radius 2 is 1.79 bits per heavy atom. The van der Waals surface area contributed by atoms with Gasteiger partial charge in [-0.1, -0.05) is 35.9 Å². The predicted molar refractivity (Wildman–Crippen MR) is 132 cm³/mol. The molecule has 4 rings (SSSR count). The second kappa shape index (κ2) is 11.2. The Bertz CT molecular complexity index is 1000. The maximum Gasteiger partial charge on any atom is 0.253 e. The Morgan fingerprint density at radius 1 is 1.12 bits per heavy atom. The van der Waals surface area contributed by atoms with Gasteiger partial charge in [-0.05, 0) is 42.9 Å². The number of aromatic nitrogens is 1. The monoisotopic (exact) mass is 485 g/mol. The molecule has 0 spiro atoms. The van der Waals surface area contributed by atoms with Crippen LogP contribution in [0.3, 0.4) is 0 Å². The van der Waals surface area contributed by atoms with Crippen LogP contribution in [0, 0.1) is 0 Å². The second-order valence-electron chi connectivity index (χ2n) is 9.09. The summed E-state index contributed by atoms with van der Waals surface area (Å²) < 4.78 is 0. The first-order valence-corrected chi connectivity index (χ1v) is 12.2. The molecule has 182 valence electrons. The Labute approximate surface area is 205 Å². The van der Waals surface area contributed by atoms with Crippen molar-refractivity contribution in [2.75, 3.05) is 31.5 Å². The van der Waals surface area contributed by atoms with E-state index in [1.807, 2.05) is 17.0 Å². The second-order valence-corrected chi connectivity index (χ2v) is 9.47. The number of fused-ring (bicyclic) bond motifs is 1. The fourth-order valence-corrected chi connectivity index (χ4v) is 4.89. The van der Waals surface area contributed by atoms with Crippen LogP contribution in [0.2, 0.25) is 5.02 Å². The highest BCUT2D eigenvalue weighted by molar-refractivity contribution is 6.36. The Balaban J connectivity index is 1.23. The summed E-state index contributed by atoms with van der Waals surface area (Å²) in [7, 11) is 0. The number of hydrogen-bond acceptors (Lipinski definition) is 6. The first-order valence-electron chi connectivity index (χ1n) is 11.8. The molecule has 1 fully saturated rings. The van der Waals surface area contributed by atoms with E-state index in [1.165, 1.54) is 11.1 Å². The maximum absolute atomic E-state index is 12.7. The fraction of sp³-hybridized carbons (Fsp3) is 0.480. The Kier molecular flexibility index (Phi) is 8.03. The minimum Gasteiger partial charge on any atom is -0.390 e. The summed E-state index contributed by atoms with van der Waals surface area (Å²) in [6.07, 6.45) is 4.32. The van der Waals surface area contributed by atoms with Crippen molar-refractivity contribution in [1.82, 2.24) is 20.5 Å². The van der Waals surface area contributed by atoms with Crippen molar-refractivity contribution in [2.24, 2.45) is 0 Å². The summed E-state index contributed by atoms with van der Waals surface area (Å²) in [6, 6.07) is 10.4. The molecular weight excluding hydrogens is 454 g/mol. The maximum atomic E-state index is 12.7. The number of nitrogens with zero attached hydrogens (tertiary/aromatic N) is 2. The van der Waals surface area contributed by atoms with Crippen LogP contribution < -0.4 is 16.0 Å². The van der Waals surface area contributed by atoms with Gasteiger partial charge in [-0.25, -0.2) is 4.98 Å². The van der Waals surface area contributed by atoms with E-state index in [1.54, 1.807) is 19.2 Å². The number of piperidine rings is 1. The number of halogens is 1. The molecule has 2 aliphatic rings. The van der Waals surface area contributed by atoms with Crippen molar-refractivity contribution in [2.45, 2.75) is 50.8 Å². The third kappa shape index (κ3) is 6.05. The van der Waals surface area contributed by atoms with Gasteiger partial charge in [-0.2, -0.15) is 0 Å². The number of anilines is 1. The van der Waals surface area contributed by atoms with Crippen LogP contribution in [0.1, 0.15) is 41.3 Å². The van der Waals surface area contributed by atoms with Gasteiger partial charge in [0, 0.05) is 51.4 Å². The molecule has 0 radical (unpaired) electrons. The number of aliphatic hydroxyl groups excluding tert-OH is 1. The van der Waals surface area contributed by atoms with Crippen molar-refractivity contribution in [3.8, 4) is 0 Å². The first kappa shape index (κ1) is 24.4. The zero-order valence-electron chi connectivity index (χ0n) is 19.4. The van der Waals surface area contributed by atoms with Gasteiger partial charge in [-0.3, -0.25) is 9.59 Å². The fourth-order valence-electron chi connectivity index (χ4n) is 4.64.